The predicted molar refractivity (Wildman–Crippen MR) is 123 cm³/mol. The predicted octanol–water partition coefficient (Wildman–Crippen LogP) is 2.68. The van der Waals surface area contributed by atoms with Crippen molar-refractivity contribution >= 4 is 44.3 Å². The summed E-state index contributed by atoms with van der Waals surface area (Å²) in [7, 11) is -3.98. The quantitative estimate of drug-likeness (QED) is 0.316. The molecule has 172 valence electrons. The molecule has 2 aromatic heterocycles. The summed E-state index contributed by atoms with van der Waals surface area (Å²) in [6.07, 6.45) is 4.17. The standard InChI is InChI=1S/C22H18N6O5S/c1-13-2-7-17(21-20(13)15(8-23)9-24-21)27-34(32,33)16-5-3-14(4-6-16)22(31)26-18-10-28(12-25-18)11-19(29)30/h2-7,9-10,12,24,27H,11H2,1H3,(H,26,31)(H,29,30). The number of aromatic nitrogens is 3. The Morgan fingerprint density at radius 2 is 1.94 bits per heavy atom. The number of sulfonamides is 1. The third-order valence-electron chi connectivity index (χ3n) is 5.03. The number of aryl methyl sites for hydroxylation is 1. The average molecular weight is 478 g/mol. The summed E-state index contributed by atoms with van der Waals surface area (Å²) in [6.45, 7) is 1.53. The summed E-state index contributed by atoms with van der Waals surface area (Å²) < 4.78 is 29.7. The van der Waals surface area contributed by atoms with Gasteiger partial charge in [0.05, 0.1) is 28.0 Å². The molecule has 0 atom stereocenters. The number of H-pyrrole nitrogens is 1. The molecule has 4 rings (SSSR count). The van der Waals surface area contributed by atoms with Gasteiger partial charge in [0.15, 0.2) is 5.82 Å². The number of rotatable bonds is 7. The number of carbonyl (C=O) groups is 2. The third kappa shape index (κ3) is 4.45. The zero-order valence-electron chi connectivity index (χ0n) is 17.7. The van der Waals surface area contributed by atoms with Gasteiger partial charge < -0.3 is 20.0 Å². The number of benzene rings is 2. The Morgan fingerprint density at radius 1 is 1.21 bits per heavy atom. The Bertz CT molecular complexity index is 1560. The number of carboxylic acid groups (broad SMARTS) is 1. The molecule has 0 radical (unpaired) electrons. The van der Waals surface area contributed by atoms with Gasteiger partial charge in [-0.2, -0.15) is 5.26 Å². The molecule has 0 aliphatic rings. The van der Waals surface area contributed by atoms with E-state index in [1.54, 1.807) is 12.1 Å². The molecule has 4 aromatic rings. The Labute approximate surface area is 193 Å². The fourth-order valence-corrected chi connectivity index (χ4v) is 4.51. The number of nitrogens with one attached hydrogen (secondary N) is 3. The zero-order chi connectivity index (χ0) is 24.5. The zero-order valence-corrected chi connectivity index (χ0v) is 18.5. The number of aliphatic carboxylic acids is 1. The van der Waals surface area contributed by atoms with E-state index in [9.17, 15) is 23.3 Å². The Hall–Kier alpha value is -4.63. The maximum Gasteiger partial charge on any atom is 0.323 e. The molecule has 0 bridgehead atoms. The molecular weight excluding hydrogens is 460 g/mol. The second kappa shape index (κ2) is 8.72. The molecule has 4 N–H and O–H groups in total. The van der Waals surface area contributed by atoms with Crippen molar-refractivity contribution in [2.24, 2.45) is 0 Å². The lowest BCUT2D eigenvalue weighted by atomic mass is 10.1. The van der Waals surface area contributed by atoms with Crippen LogP contribution < -0.4 is 10.0 Å². The van der Waals surface area contributed by atoms with Crippen molar-refractivity contribution in [3.63, 3.8) is 0 Å². The van der Waals surface area contributed by atoms with E-state index in [4.69, 9.17) is 5.11 Å². The Balaban J connectivity index is 1.52. The van der Waals surface area contributed by atoms with Crippen LogP contribution in [0.1, 0.15) is 21.5 Å². The first-order chi connectivity index (χ1) is 16.2. The molecule has 0 spiro atoms. The summed E-state index contributed by atoms with van der Waals surface area (Å²) >= 11 is 0. The number of hydrogen-bond donors (Lipinski definition) is 4. The first-order valence-electron chi connectivity index (χ1n) is 9.86. The molecule has 1 amide bonds. The number of anilines is 2. The second-order valence-corrected chi connectivity index (χ2v) is 9.09. The molecule has 0 saturated heterocycles. The van der Waals surface area contributed by atoms with E-state index in [0.717, 1.165) is 5.56 Å². The van der Waals surface area contributed by atoms with Gasteiger partial charge in [0.1, 0.15) is 12.6 Å². The summed E-state index contributed by atoms with van der Waals surface area (Å²) in [4.78, 5) is 30.0. The molecule has 0 unspecified atom stereocenters. The van der Waals surface area contributed by atoms with Crippen LogP contribution in [0.2, 0.25) is 0 Å². The fourth-order valence-electron chi connectivity index (χ4n) is 3.44. The Kier molecular flexibility index (Phi) is 5.79. The highest BCUT2D eigenvalue weighted by molar-refractivity contribution is 7.92. The summed E-state index contributed by atoms with van der Waals surface area (Å²) in [5.41, 5.74) is 2.22. The molecule has 2 aromatic carbocycles. The number of carbonyl (C=O) groups excluding carboxylic acids is 1. The minimum atomic E-state index is -3.98. The van der Waals surface area contributed by atoms with Gasteiger partial charge in [-0.1, -0.05) is 6.07 Å². The van der Waals surface area contributed by atoms with Crippen LogP contribution in [0.4, 0.5) is 11.5 Å². The van der Waals surface area contributed by atoms with Crippen molar-refractivity contribution < 1.29 is 23.1 Å². The molecule has 12 heteroatoms. The van der Waals surface area contributed by atoms with Crippen LogP contribution >= 0.6 is 0 Å². The molecule has 0 saturated carbocycles. The van der Waals surface area contributed by atoms with Crippen molar-refractivity contribution in [1.82, 2.24) is 14.5 Å². The number of carboxylic acids is 1. The Morgan fingerprint density at radius 3 is 2.62 bits per heavy atom. The summed E-state index contributed by atoms with van der Waals surface area (Å²) in [5, 5.41) is 21.2. The van der Waals surface area contributed by atoms with Crippen molar-refractivity contribution in [1.29, 1.82) is 5.26 Å². The largest absolute Gasteiger partial charge is 0.480 e. The van der Waals surface area contributed by atoms with E-state index in [1.165, 1.54) is 47.6 Å². The first-order valence-corrected chi connectivity index (χ1v) is 11.3. The lowest BCUT2D eigenvalue weighted by Gasteiger charge is -2.11. The van der Waals surface area contributed by atoms with Crippen molar-refractivity contribution in [3.8, 4) is 6.07 Å². The van der Waals surface area contributed by atoms with Gasteiger partial charge in [-0.15, -0.1) is 0 Å². The van der Waals surface area contributed by atoms with Crippen molar-refractivity contribution in [3.05, 3.63) is 71.8 Å². The van der Waals surface area contributed by atoms with Crippen LogP contribution in [0, 0.1) is 18.3 Å². The smallest absolute Gasteiger partial charge is 0.323 e. The first kappa shape index (κ1) is 22.6. The fraction of sp³-hybridized carbons (Fsp3) is 0.0909. The topological polar surface area (TPSA) is 170 Å². The van der Waals surface area contributed by atoms with Crippen molar-refractivity contribution in [2.45, 2.75) is 18.4 Å². The second-order valence-electron chi connectivity index (χ2n) is 7.40. The highest BCUT2D eigenvalue weighted by Gasteiger charge is 2.19. The van der Waals surface area contributed by atoms with Gasteiger partial charge in [0.2, 0.25) is 0 Å². The minimum Gasteiger partial charge on any atom is -0.480 e. The highest BCUT2D eigenvalue weighted by atomic mass is 32.2. The monoisotopic (exact) mass is 478 g/mol. The number of amides is 1. The summed E-state index contributed by atoms with van der Waals surface area (Å²) in [5.74, 6) is -1.42. The molecule has 0 aliphatic carbocycles. The van der Waals surface area contributed by atoms with Crippen LogP contribution in [0.15, 0.2) is 60.0 Å². The average Bonchev–Trinajstić information content (AvgIpc) is 3.42. The summed E-state index contributed by atoms with van der Waals surface area (Å²) in [6, 6.07) is 10.7. The van der Waals surface area contributed by atoms with Gasteiger partial charge in [0.25, 0.3) is 15.9 Å². The molecule has 0 fully saturated rings. The van der Waals surface area contributed by atoms with E-state index in [2.05, 4.69) is 26.1 Å². The normalized spacial score (nSPS) is 11.2. The van der Waals surface area contributed by atoms with Gasteiger partial charge >= 0.3 is 5.97 Å². The van der Waals surface area contributed by atoms with Gasteiger partial charge in [-0.25, -0.2) is 13.4 Å². The minimum absolute atomic E-state index is 0.0597. The maximum atomic E-state index is 12.9. The van der Waals surface area contributed by atoms with Crippen LogP contribution in [-0.2, 0) is 21.4 Å². The molecule has 34 heavy (non-hydrogen) atoms. The van der Waals surface area contributed by atoms with Crippen molar-refractivity contribution in [2.75, 3.05) is 10.0 Å². The maximum absolute atomic E-state index is 12.9. The number of aromatic amines is 1. The van der Waals surface area contributed by atoms with Crippen LogP contribution in [0.5, 0.6) is 0 Å². The molecule has 11 nitrogen and oxygen atoms in total. The molecule has 0 aliphatic heterocycles. The van der Waals surface area contributed by atoms with E-state index in [0.29, 0.717) is 22.2 Å². The number of nitriles is 1. The lowest BCUT2D eigenvalue weighted by Crippen LogP contribution is -2.15. The SMILES string of the molecule is Cc1ccc(NS(=O)(=O)c2ccc(C(=O)Nc3cn(CC(=O)O)cn3)cc2)c2[nH]cc(C#N)c12. The van der Waals surface area contributed by atoms with E-state index >= 15 is 0 Å². The van der Waals surface area contributed by atoms with E-state index in [1.807, 2.05) is 6.92 Å². The van der Waals surface area contributed by atoms with Gasteiger partial charge in [-0.05, 0) is 42.8 Å². The van der Waals surface area contributed by atoms with Crippen LogP contribution in [0.3, 0.4) is 0 Å². The number of nitrogens with zero attached hydrogens (tertiary/aromatic N) is 3. The number of hydrogen-bond acceptors (Lipinski definition) is 6. The van der Waals surface area contributed by atoms with E-state index < -0.39 is 21.9 Å². The number of imidazole rings is 1. The highest BCUT2D eigenvalue weighted by Crippen LogP contribution is 2.30. The molecule has 2 heterocycles. The van der Waals surface area contributed by atoms with Crippen LogP contribution in [-0.4, -0.2) is 39.9 Å². The third-order valence-corrected chi connectivity index (χ3v) is 6.41. The van der Waals surface area contributed by atoms with Gasteiger partial charge in [0, 0.05) is 23.3 Å². The lowest BCUT2D eigenvalue weighted by molar-refractivity contribution is -0.137. The molecular formula is C22H18N6O5S. The number of fused-ring (bicyclic) bond motifs is 1. The van der Waals surface area contributed by atoms with Crippen LogP contribution in [0.25, 0.3) is 10.9 Å². The van der Waals surface area contributed by atoms with E-state index in [-0.39, 0.29) is 22.8 Å². The van der Waals surface area contributed by atoms with Gasteiger partial charge in [-0.3, -0.25) is 14.3 Å².